The fourth-order valence-corrected chi connectivity index (χ4v) is 4.60. The van der Waals surface area contributed by atoms with E-state index in [0.29, 0.717) is 5.54 Å². The van der Waals surface area contributed by atoms with E-state index in [1.165, 1.54) is 69.8 Å². The molecule has 2 rings (SSSR count). The lowest BCUT2D eigenvalue weighted by atomic mass is 9.91. The quantitative estimate of drug-likeness (QED) is 0.845. The molecule has 0 bridgehead atoms. The SMILES string of the molecule is CCC1(CC)CN(CC2CCSCC2)CCCN1. The van der Waals surface area contributed by atoms with Gasteiger partial charge in [0.05, 0.1) is 0 Å². The molecule has 1 N–H and O–H groups in total. The Balaban J connectivity index is 1.89. The van der Waals surface area contributed by atoms with Gasteiger partial charge in [-0.2, -0.15) is 11.8 Å². The Labute approximate surface area is 117 Å². The molecule has 2 saturated heterocycles. The van der Waals surface area contributed by atoms with Crippen molar-refractivity contribution in [2.45, 2.75) is 51.5 Å². The maximum absolute atomic E-state index is 3.82. The Morgan fingerprint density at radius 1 is 1.22 bits per heavy atom. The summed E-state index contributed by atoms with van der Waals surface area (Å²) in [5.74, 6) is 3.75. The summed E-state index contributed by atoms with van der Waals surface area (Å²) in [6.07, 6.45) is 6.74. The van der Waals surface area contributed by atoms with Crippen LogP contribution in [0.25, 0.3) is 0 Å². The number of thioether (sulfide) groups is 1. The van der Waals surface area contributed by atoms with Crippen molar-refractivity contribution >= 4 is 11.8 Å². The Morgan fingerprint density at radius 2 is 1.94 bits per heavy atom. The van der Waals surface area contributed by atoms with E-state index in [-0.39, 0.29) is 0 Å². The van der Waals surface area contributed by atoms with Crippen LogP contribution in [0.5, 0.6) is 0 Å². The lowest BCUT2D eigenvalue weighted by molar-refractivity contribution is 0.171. The van der Waals surface area contributed by atoms with Gasteiger partial charge in [-0.15, -0.1) is 0 Å². The molecule has 0 spiro atoms. The number of nitrogens with one attached hydrogen (secondary N) is 1. The molecule has 0 amide bonds. The van der Waals surface area contributed by atoms with E-state index in [1.54, 1.807) is 0 Å². The third-order valence-corrected chi connectivity index (χ3v) is 5.94. The summed E-state index contributed by atoms with van der Waals surface area (Å²) in [4.78, 5) is 2.76. The Kier molecular flexibility index (Phi) is 5.84. The second-order valence-corrected chi connectivity index (χ2v) is 7.28. The predicted octanol–water partition coefficient (Wildman–Crippen LogP) is 2.98. The highest BCUT2D eigenvalue weighted by Crippen LogP contribution is 2.26. The first-order valence-electron chi connectivity index (χ1n) is 7.83. The second kappa shape index (κ2) is 7.16. The lowest BCUT2D eigenvalue weighted by Crippen LogP contribution is -2.51. The van der Waals surface area contributed by atoms with E-state index in [0.717, 1.165) is 5.92 Å². The molecule has 2 aliphatic rings. The van der Waals surface area contributed by atoms with Gasteiger partial charge in [0.2, 0.25) is 0 Å². The molecule has 2 heterocycles. The second-order valence-electron chi connectivity index (χ2n) is 6.06. The third kappa shape index (κ3) is 3.88. The van der Waals surface area contributed by atoms with Gasteiger partial charge < -0.3 is 10.2 Å². The minimum Gasteiger partial charge on any atom is -0.310 e. The van der Waals surface area contributed by atoms with Gasteiger partial charge in [0.15, 0.2) is 0 Å². The van der Waals surface area contributed by atoms with Gasteiger partial charge in [0, 0.05) is 18.6 Å². The zero-order valence-corrected chi connectivity index (χ0v) is 13.0. The first-order valence-corrected chi connectivity index (χ1v) is 8.98. The molecular formula is C15H30N2S. The summed E-state index contributed by atoms with van der Waals surface area (Å²) in [7, 11) is 0. The minimum atomic E-state index is 0.389. The Bertz CT molecular complexity index is 235. The van der Waals surface area contributed by atoms with Gasteiger partial charge in [-0.3, -0.25) is 0 Å². The highest BCUT2D eigenvalue weighted by atomic mass is 32.2. The summed E-state index contributed by atoms with van der Waals surface area (Å²) < 4.78 is 0. The highest BCUT2D eigenvalue weighted by Gasteiger charge is 2.31. The van der Waals surface area contributed by atoms with Crippen molar-refractivity contribution in [3.8, 4) is 0 Å². The fourth-order valence-electron chi connectivity index (χ4n) is 3.39. The molecule has 2 aliphatic heterocycles. The van der Waals surface area contributed by atoms with Crippen molar-refractivity contribution in [1.82, 2.24) is 10.2 Å². The van der Waals surface area contributed by atoms with Crippen LogP contribution < -0.4 is 5.32 Å². The largest absolute Gasteiger partial charge is 0.310 e. The first-order chi connectivity index (χ1) is 8.78. The molecule has 2 fully saturated rings. The third-order valence-electron chi connectivity index (χ3n) is 4.89. The van der Waals surface area contributed by atoms with Crippen LogP contribution in [0.4, 0.5) is 0 Å². The zero-order chi connectivity index (χ0) is 12.8. The molecular weight excluding hydrogens is 240 g/mol. The molecule has 18 heavy (non-hydrogen) atoms. The first kappa shape index (κ1) is 14.7. The van der Waals surface area contributed by atoms with E-state index in [1.807, 2.05) is 0 Å². The molecule has 106 valence electrons. The van der Waals surface area contributed by atoms with Crippen molar-refractivity contribution in [2.24, 2.45) is 5.92 Å². The van der Waals surface area contributed by atoms with Gasteiger partial charge in [-0.25, -0.2) is 0 Å². The summed E-state index contributed by atoms with van der Waals surface area (Å²) in [5.41, 5.74) is 0.389. The molecule has 0 aromatic heterocycles. The van der Waals surface area contributed by atoms with Crippen LogP contribution in [0.3, 0.4) is 0 Å². The molecule has 3 heteroatoms. The van der Waals surface area contributed by atoms with E-state index >= 15 is 0 Å². The number of hydrogen-bond donors (Lipinski definition) is 1. The van der Waals surface area contributed by atoms with Crippen LogP contribution in [0.15, 0.2) is 0 Å². The van der Waals surface area contributed by atoms with E-state index in [9.17, 15) is 0 Å². The molecule has 0 atom stereocenters. The monoisotopic (exact) mass is 270 g/mol. The topological polar surface area (TPSA) is 15.3 Å². The summed E-state index contributed by atoms with van der Waals surface area (Å²) in [6.45, 7) is 9.82. The smallest absolute Gasteiger partial charge is 0.0303 e. The van der Waals surface area contributed by atoms with Gasteiger partial charge in [0.1, 0.15) is 0 Å². The van der Waals surface area contributed by atoms with Crippen molar-refractivity contribution in [1.29, 1.82) is 0 Å². The molecule has 0 aliphatic carbocycles. The van der Waals surface area contributed by atoms with Crippen LogP contribution in [-0.2, 0) is 0 Å². The van der Waals surface area contributed by atoms with Crippen molar-refractivity contribution in [3.63, 3.8) is 0 Å². The highest BCUT2D eigenvalue weighted by molar-refractivity contribution is 7.99. The molecule has 2 nitrogen and oxygen atoms in total. The molecule has 0 aromatic rings. The van der Waals surface area contributed by atoms with Crippen LogP contribution in [0, 0.1) is 5.92 Å². The fraction of sp³-hybridized carbons (Fsp3) is 1.00. The van der Waals surface area contributed by atoms with E-state index in [2.05, 4.69) is 35.8 Å². The molecule has 0 unspecified atom stereocenters. The van der Waals surface area contributed by atoms with Crippen molar-refractivity contribution < 1.29 is 0 Å². The van der Waals surface area contributed by atoms with Crippen LogP contribution in [0.1, 0.15) is 46.0 Å². The lowest BCUT2D eigenvalue weighted by Gasteiger charge is -2.37. The maximum atomic E-state index is 3.82. The van der Waals surface area contributed by atoms with Crippen LogP contribution in [-0.4, -0.2) is 48.1 Å². The van der Waals surface area contributed by atoms with Crippen molar-refractivity contribution in [2.75, 3.05) is 37.7 Å². The minimum absolute atomic E-state index is 0.389. The van der Waals surface area contributed by atoms with Crippen LogP contribution in [0.2, 0.25) is 0 Å². The molecule has 0 saturated carbocycles. The number of rotatable bonds is 4. The van der Waals surface area contributed by atoms with E-state index < -0.39 is 0 Å². The number of nitrogens with zero attached hydrogens (tertiary/aromatic N) is 1. The summed E-state index contributed by atoms with van der Waals surface area (Å²) >= 11 is 2.14. The van der Waals surface area contributed by atoms with Crippen molar-refractivity contribution in [3.05, 3.63) is 0 Å². The van der Waals surface area contributed by atoms with Gasteiger partial charge in [-0.05, 0) is 62.6 Å². The van der Waals surface area contributed by atoms with Crippen LogP contribution >= 0.6 is 11.8 Å². The average Bonchev–Trinajstić information content (AvgIpc) is 2.63. The predicted molar refractivity (Wildman–Crippen MR) is 82.4 cm³/mol. The summed E-state index contributed by atoms with van der Waals surface area (Å²) in [5, 5.41) is 3.82. The van der Waals surface area contributed by atoms with E-state index in [4.69, 9.17) is 0 Å². The standard InChI is InChI=1S/C15H30N2S/c1-3-15(4-2)13-17(9-5-8-16-15)12-14-6-10-18-11-7-14/h14,16H,3-13H2,1-2H3. The zero-order valence-electron chi connectivity index (χ0n) is 12.2. The number of hydrogen-bond acceptors (Lipinski definition) is 3. The van der Waals surface area contributed by atoms with Gasteiger partial charge >= 0.3 is 0 Å². The average molecular weight is 270 g/mol. The molecule has 0 radical (unpaired) electrons. The van der Waals surface area contributed by atoms with Gasteiger partial charge in [0.25, 0.3) is 0 Å². The van der Waals surface area contributed by atoms with Gasteiger partial charge in [-0.1, -0.05) is 13.8 Å². The maximum Gasteiger partial charge on any atom is 0.0303 e. The Hall–Kier alpha value is 0.270. The molecule has 0 aromatic carbocycles. The normalized spacial score (nSPS) is 27.0. The Morgan fingerprint density at radius 3 is 2.61 bits per heavy atom. The summed E-state index contributed by atoms with van der Waals surface area (Å²) in [6, 6.07) is 0.